The van der Waals surface area contributed by atoms with Gasteiger partial charge in [0.25, 0.3) is 0 Å². The van der Waals surface area contributed by atoms with Gasteiger partial charge >= 0.3 is 0 Å². The summed E-state index contributed by atoms with van der Waals surface area (Å²) in [6.45, 7) is 4.24. The first-order valence-electron chi connectivity index (χ1n) is 8.08. The van der Waals surface area contributed by atoms with Gasteiger partial charge in [0, 0.05) is 12.0 Å². The Labute approximate surface area is 126 Å². The standard InChI is InChI=1S/C16H26N2OS/c1-2-8-17-15(14-11-20-12-18-14)13-5-9-19-16(10-13)6-3-4-7-16/h11-13,15,17H,2-10H2,1H3. The minimum atomic E-state index is 0.199. The van der Waals surface area contributed by atoms with Crippen molar-refractivity contribution in [1.29, 1.82) is 0 Å². The van der Waals surface area contributed by atoms with E-state index in [1.54, 1.807) is 11.3 Å². The lowest BCUT2D eigenvalue weighted by Crippen LogP contribution is -2.42. The topological polar surface area (TPSA) is 34.2 Å². The maximum Gasteiger partial charge on any atom is 0.0795 e. The summed E-state index contributed by atoms with van der Waals surface area (Å²) < 4.78 is 6.18. The van der Waals surface area contributed by atoms with Gasteiger partial charge in [0.15, 0.2) is 0 Å². The fourth-order valence-electron chi connectivity index (χ4n) is 3.91. The molecule has 2 unspecified atom stereocenters. The van der Waals surface area contributed by atoms with Crippen LogP contribution in [-0.4, -0.2) is 23.7 Å². The molecule has 1 saturated carbocycles. The highest BCUT2D eigenvalue weighted by atomic mass is 32.1. The maximum absolute atomic E-state index is 6.18. The lowest BCUT2D eigenvalue weighted by atomic mass is 9.80. The fourth-order valence-corrected chi connectivity index (χ4v) is 4.50. The second-order valence-corrected chi connectivity index (χ2v) is 7.06. The van der Waals surface area contributed by atoms with Crippen molar-refractivity contribution in [3.05, 3.63) is 16.6 Å². The molecule has 2 atom stereocenters. The second kappa shape index (κ2) is 6.54. The number of nitrogens with one attached hydrogen (secondary N) is 1. The van der Waals surface area contributed by atoms with Gasteiger partial charge in [0.1, 0.15) is 0 Å². The summed E-state index contributed by atoms with van der Waals surface area (Å²) in [7, 11) is 0. The summed E-state index contributed by atoms with van der Waals surface area (Å²) in [5, 5.41) is 5.95. The smallest absolute Gasteiger partial charge is 0.0795 e. The predicted octanol–water partition coefficient (Wildman–Crippen LogP) is 3.92. The molecule has 2 heterocycles. The summed E-state index contributed by atoms with van der Waals surface area (Å²) in [4.78, 5) is 4.57. The van der Waals surface area contributed by atoms with Crippen molar-refractivity contribution < 1.29 is 4.74 Å². The first kappa shape index (κ1) is 14.5. The molecule has 1 aliphatic heterocycles. The maximum atomic E-state index is 6.18. The number of hydrogen-bond donors (Lipinski definition) is 1. The van der Waals surface area contributed by atoms with Crippen molar-refractivity contribution in [2.75, 3.05) is 13.2 Å². The Balaban J connectivity index is 1.72. The molecule has 0 amide bonds. The quantitative estimate of drug-likeness (QED) is 0.893. The zero-order valence-electron chi connectivity index (χ0n) is 12.4. The summed E-state index contributed by atoms with van der Waals surface area (Å²) >= 11 is 1.71. The molecule has 2 fully saturated rings. The van der Waals surface area contributed by atoms with Crippen LogP contribution in [0.4, 0.5) is 0 Å². The monoisotopic (exact) mass is 294 g/mol. The van der Waals surface area contributed by atoms with Crippen molar-refractivity contribution in [2.24, 2.45) is 5.92 Å². The van der Waals surface area contributed by atoms with Crippen LogP contribution >= 0.6 is 11.3 Å². The van der Waals surface area contributed by atoms with Gasteiger partial charge in [-0.15, -0.1) is 11.3 Å². The van der Waals surface area contributed by atoms with Crippen LogP contribution in [0.25, 0.3) is 0 Å². The van der Waals surface area contributed by atoms with Crippen LogP contribution < -0.4 is 5.32 Å². The van der Waals surface area contributed by atoms with E-state index in [4.69, 9.17) is 4.74 Å². The Morgan fingerprint density at radius 1 is 1.50 bits per heavy atom. The van der Waals surface area contributed by atoms with Gasteiger partial charge in [-0.2, -0.15) is 0 Å². The number of aromatic nitrogens is 1. The third-order valence-corrected chi connectivity index (χ3v) is 5.51. The molecule has 0 bridgehead atoms. The molecule has 20 heavy (non-hydrogen) atoms. The average Bonchev–Trinajstić information content (AvgIpc) is 3.12. The molecule has 1 saturated heterocycles. The molecule has 3 nitrogen and oxygen atoms in total. The Morgan fingerprint density at radius 2 is 2.35 bits per heavy atom. The van der Waals surface area contributed by atoms with Gasteiger partial charge in [0.2, 0.25) is 0 Å². The predicted molar refractivity (Wildman–Crippen MR) is 83.0 cm³/mol. The molecule has 1 aromatic heterocycles. The second-order valence-electron chi connectivity index (χ2n) is 6.34. The molecule has 4 heteroatoms. The summed E-state index contributed by atoms with van der Waals surface area (Å²) in [5.41, 5.74) is 3.40. The van der Waals surface area contributed by atoms with Gasteiger partial charge in [-0.25, -0.2) is 4.98 Å². The van der Waals surface area contributed by atoms with E-state index in [0.29, 0.717) is 12.0 Å². The summed E-state index contributed by atoms with van der Waals surface area (Å²) in [6, 6.07) is 0.419. The molecule has 2 aliphatic rings. The van der Waals surface area contributed by atoms with E-state index in [9.17, 15) is 0 Å². The van der Waals surface area contributed by atoms with E-state index in [1.165, 1.54) is 50.6 Å². The zero-order valence-corrected chi connectivity index (χ0v) is 13.3. The molecule has 0 radical (unpaired) electrons. The summed E-state index contributed by atoms with van der Waals surface area (Å²) in [6.07, 6.45) is 8.77. The van der Waals surface area contributed by atoms with Crippen molar-refractivity contribution in [2.45, 2.75) is 63.5 Å². The van der Waals surface area contributed by atoms with Crippen LogP contribution in [0.15, 0.2) is 10.9 Å². The van der Waals surface area contributed by atoms with Crippen LogP contribution in [-0.2, 0) is 4.74 Å². The van der Waals surface area contributed by atoms with Gasteiger partial charge < -0.3 is 10.1 Å². The lowest BCUT2D eigenvalue weighted by Gasteiger charge is -2.41. The molecule has 3 rings (SSSR count). The largest absolute Gasteiger partial charge is 0.375 e. The SMILES string of the molecule is CCCNC(c1cscn1)C1CCOC2(CCCC2)C1. The minimum Gasteiger partial charge on any atom is -0.375 e. The molecule has 0 aromatic carbocycles. The third-order valence-electron chi connectivity index (χ3n) is 4.90. The highest BCUT2D eigenvalue weighted by Crippen LogP contribution is 2.45. The van der Waals surface area contributed by atoms with Crippen molar-refractivity contribution in [3.63, 3.8) is 0 Å². The molecular weight excluding hydrogens is 268 g/mol. The highest BCUT2D eigenvalue weighted by molar-refractivity contribution is 7.07. The Hall–Kier alpha value is -0.450. The van der Waals surface area contributed by atoms with E-state index in [1.807, 2.05) is 5.51 Å². The molecule has 1 aromatic rings. The highest BCUT2D eigenvalue weighted by Gasteiger charge is 2.42. The first-order chi connectivity index (χ1) is 9.83. The van der Waals surface area contributed by atoms with Gasteiger partial charge in [-0.1, -0.05) is 19.8 Å². The van der Waals surface area contributed by atoms with Crippen LogP contribution in [0.2, 0.25) is 0 Å². The lowest BCUT2D eigenvalue weighted by molar-refractivity contribution is -0.0983. The number of ether oxygens (including phenoxy) is 1. The van der Waals surface area contributed by atoms with E-state index < -0.39 is 0 Å². The Kier molecular flexibility index (Phi) is 4.74. The van der Waals surface area contributed by atoms with Crippen LogP contribution in [0.3, 0.4) is 0 Å². The molecule has 112 valence electrons. The van der Waals surface area contributed by atoms with Crippen molar-refractivity contribution >= 4 is 11.3 Å². The first-order valence-corrected chi connectivity index (χ1v) is 9.03. The zero-order chi connectivity index (χ0) is 13.8. The third kappa shape index (κ3) is 3.07. The number of rotatable bonds is 5. The van der Waals surface area contributed by atoms with E-state index >= 15 is 0 Å². The van der Waals surface area contributed by atoms with Crippen molar-refractivity contribution in [1.82, 2.24) is 10.3 Å². The normalized spacial score (nSPS) is 26.9. The molecule has 1 N–H and O–H groups in total. The van der Waals surface area contributed by atoms with E-state index in [2.05, 4.69) is 22.6 Å². The van der Waals surface area contributed by atoms with Gasteiger partial charge in [-0.05, 0) is 44.6 Å². The number of hydrogen-bond acceptors (Lipinski definition) is 4. The van der Waals surface area contributed by atoms with Crippen LogP contribution in [0.1, 0.15) is 63.6 Å². The van der Waals surface area contributed by atoms with Gasteiger partial charge in [-0.3, -0.25) is 0 Å². The Bertz CT molecular complexity index is 401. The average molecular weight is 294 g/mol. The number of thiazole rings is 1. The fraction of sp³-hybridized carbons (Fsp3) is 0.812. The Morgan fingerprint density at radius 3 is 3.05 bits per heavy atom. The van der Waals surface area contributed by atoms with Crippen molar-refractivity contribution in [3.8, 4) is 0 Å². The van der Waals surface area contributed by atoms with E-state index in [0.717, 1.165) is 13.2 Å². The summed E-state index contributed by atoms with van der Waals surface area (Å²) in [5.74, 6) is 0.676. The number of nitrogens with zero attached hydrogens (tertiary/aromatic N) is 1. The molecule has 1 spiro atoms. The van der Waals surface area contributed by atoms with E-state index in [-0.39, 0.29) is 5.60 Å². The van der Waals surface area contributed by atoms with Gasteiger partial charge in [0.05, 0.1) is 22.8 Å². The van der Waals surface area contributed by atoms with Crippen LogP contribution in [0.5, 0.6) is 0 Å². The molecule has 1 aliphatic carbocycles. The molecular formula is C16H26N2OS. The minimum absolute atomic E-state index is 0.199. The van der Waals surface area contributed by atoms with Crippen LogP contribution in [0, 0.1) is 5.92 Å².